The lowest BCUT2D eigenvalue weighted by Crippen LogP contribution is -2.36. The molecule has 9 heteroatoms. The number of aromatic nitrogens is 2. The Bertz CT molecular complexity index is 1360. The molecule has 3 aliphatic rings. The second-order valence-electron chi connectivity index (χ2n) is 10.8. The van der Waals surface area contributed by atoms with E-state index < -0.39 is 11.7 Å². The normalized spacial score (nSPS) is 19.2. The first kappa shape index (κ1) is 26.0. The molecule has 39 heavy (non-hydrogen) atoms. The Balaban J connectivity index is 1.32. The summed E-state index contributed by atoms with van der Waals surface area (Å²) in [5.41, 5.74) is 3.55. The zero-order valence-corrected chi connectivity index (χ0v) is 22.8. The van der Waals surface area contributed by atoms with Crippen LogP contribution in [0.1, 0.15) is 43.0 Å². The molecule has 0 bridgehead atoms. The van der Waals surface area contributed by atoms with E-state index in [1.807, 2.05) is 14.0 Å². The molecule has 5 heterocycles. The number of likely N-dealkylation sites (tertiary alicyclic amines) is 1. The molecule has 0 amide bonds. The van der Waals surface area contributed by atoms with Crippen LogP contribution in [0.15, 0.2) is 30.6 Å². The van der Waals surface area contributed by atoms with Gasteiger partial charge in [-0.2, -0.15) is 0 Å². The minimum Gasteiger partial charge on any atom is -0.478 e. The van der Waals surface area contributed by atoms with Gasteiger partial charge >= 0.3 is 0 Å². The third kappa shape index (κ3) is 4.94. The standard InChI is InChI=1S/C30H36FN5O3/c1-3-38-18-21-17-36-19-34(2)24-16-32-23-14-22(31)26(28(30(21)37)27(23)29(24)36)20-8-9-25(33-15-20)39-13-7-12-35-10-5-4-6-11-35/h8-9,14-16,21H,3-7,10-13,17-19H2,1-2H3. The van der Waals surface area contributed by atoms with Crippen LogP contribution in [0.3, 0.4) is 0 Å². The quantitative estimate of drug-likeness (QED) is 0.365. The zero-order valence-electron chi connectivity index (χ0n) is 22.8. The highest BCUT2D eigenvalue weighted by Crippen LogP contribution is 2.47. The van der Waals surface area contributed by atoms with E-state index in [2.05, 4.69) is 24.7 Å². The third-order valence-electron chi connectivity index (χ3n) is 8.10. The number of rotatable bonds is 9. The molecule has 2 aromatic heterocycles. The topological polar surface area (TPSA) is 71.0 Å². The van der Waals surface area contributed by atoms with Gasteiger partial charge in [0.05, 0.1) is 48.9 Å². The maximum Gasteiger partial charge on any atom is 0.213 e. The van der Waals surface area contributed by atoms with Crippen LogP contribution in [0.2, 0.25) is 0 Å². The predicted molar refractivity (Wildman–Crippen MR) is 150 cm³/mol. The molecule has 0 saturated carbocycles. The van der Waals surface area contributed by atoms with Crippen molar-refractivity contribution in [1.29, 1.82) is 0 Å². The number of ketones is 1. The van der Waals surface area contributed by atoms with Crippen LogP contribution in [0, 0.1) is 11.7 Å². The SMILES string of the molecule is CCOCC1CN2CN(C)c3cnc4cc(F)c(-c5ccc(OCCCN6CCCCC6)nc5)c(c4c32)C1=O. The number of hydrogen-bond donors (Lipinski definition) is 0. The minimum absolute atomic E-state index is 0.117. The lowest BCUT2D eigenvalue weighted by molar-refractivity contribution is 0.0748. The van der Waals surface area contributed by atoms with Gasteiger partial charge in [-0.1, -0.05) is 6.42 Å². The van der Waals surface area contributed by atoms with Crippen molar-refractivity contribution in [2.45, 2.75) is 32.6 Å². The first-order valence-electron chi connectivity index (χ1n) is 14.1. The van der Waals surface area contributed by atoms with Crippen molar-refractivity contribution in [3.8, 4) is 17.0 Å². The molecule has 0 N–H and O–H groups in total. The molecular formula is C30H36FN5O3. The predicted octanol–water partition coefficient (Wildman–Crippen LogP) is 4.75. The Morgan fingerprint density at radius 3 is 2.72 bits per heavy atom. The second kappa shape index (κ2) is 11.1. The summed E-state index contributed by atoms with van der Waals surface area (Å²) in [5.74, 6) is -0.519. The summed E-state index contributed by atoms with van der Waals surface area (Å²) in [6, 6.07) is 5.00. The van der Waals surface area contributed by atoms with E-state index in [4.69, 9.17) is 9.47 Å². The molecule has 3 aliphatic heterocycles. The number of ether oxygens (including phenoxy) is 2. The number of halogens is 1. The molecule has 1 atom stereocenters. The number of piperidine rings is 1. The Hall–Kier alpha value is -3.30. The third-order valence-corrected chi connectivity index (χ3v) is 8.10. The molecule has 6 rings (SSSR count). The average molecular weight is 534 g/mol. The molecule has 8 nitrogen and oxygen atoms in total. The van der Waals surface area contributed by atoms with E-state index in [1.165, 1.54) is 38.4 Å². The van der Waals surface area contributed by atoms with Crippen LogP contribution in [0.4, 0.5) is 15.8 Å². The van der Waals surface area contributed by atoms with Crippen molar-refractivity contribution >= 4 is 28.1 Å². The molecule has 1 saturated heterocycles. The first-order chi connectivity index (χ1) is 19.0. The van der Waals surface area contributed by atoms with Crippen LogP contribution in [0.5, 0.6) is 5.88 Å². The van der Waals surface area contributed by atoms with Crippen LogP contribution in [0.25, 0.3) is 22.0 Å². The Labute approximate surface area is 228 Å². The number of nitrogens with zero attached hydrogens (tertiary/aromatic N) is 5. The van der Waals surface area contributed by atoms with E-state index in [0.717, 1.165) is 24.3 Å². The number of pyridine rings is 2. The summed E-state index contributed by atoms with van der Waals surface area (Å²) in [7, 11) is 2.01. The summed E-state index contributed by atoms with van der Waals surface area (Å²) in [4.78, 5) is 29.9. The van der Waals surface area contributed by atoms with Crippen molar-refractivity contribution in [3.05, 3.63) is 42.0 Å². The van der Waals surface area contributed by atoms with Crippen LogP contribution < -0.4 is 14.5 Å². The van der Waals surface area contributed by atoms with E-state index in [-0.39, 0.29) is 18.0 Å². The van der Waals surface area contributed by atoms with Crippen LogP contribution in [-0.2, 0) is 4.74 Å². The molecular weight excluding hydrogens is 497 g/mol. The molecule has 1 unspecified atom stereocenters. The minimum atomic E-state index is -0.481. The summed E-state index contributed by atoms with van der Waals surface area (Å²) >= 11 is 0. The maximum absolute atomic E-state index is 15.8. The number of carbonyl (C=O) groups is 1. The Morgan fingerprint density at radius 1 is 1.10 bits per heavy atom. The Kier molecular flexibility index (Phi) is 7.36. The van der Waals surface area contributed by atoms with E-state index in [1.54, 1.807) is 24.5 Å². The van der Waals surface area contributed by atoms with Gasteiger partial charge in [0.15, 0.2) is 5.78 Å². The number of benzene rings is 1. The van der Waals surface area contributed by atoms with Gasteiger partial charge in [0.25, 0.3) is 0 Å². The van der Waals surface area contributed by atoms with Gasteiger partial charge in [-0.3, -0.25) is 9.78 Å². The highest BCUT2D eigenvalue weighted by Gasteiger charge is 2.38. The number of Topliss-reactive ketones (excluding diaryl/α,β-unsaturated/α-hetero) is 1. The van der Waals surface area contributed by atoms with Gasteiger partial charge in [-0.05, 0) is 45.3 Å². The van der Waals surface area contributed by atoms with Gasteiger partial charge in [-0.25, -0.2) is 9.37 Å². The fourth-order valence-electron chi connectivity index (χ4n) is 6.18. The summed E-state index contributed by atoms with van der Waals surface area (Å²) < 4.78 is 27.4. The molecule has 0 spiro atoms. The molecule has 3 aromatic rings. The molecule has 1 aromatic carbocycles. The number of anilines is 2. The second-order valence-corrected chi connectivity index (χ2v) is 10.8. The number of hydrogen-bond acceptors (Lipinski definition) is 8. The van der Waals surface area contributed by atoms with Crippen molar-refractivity contribution in [1.82, 2.24) is 14.9 Å². The highest BCUT2D eigenvalue weighted by molar-refractivity contribution is 6.20. The summed E-state index contributed by atoms with van der Waals surface area (Å²) in [5, 5.41) is 0.704. The van der Waals surface area contributed by atoms with Crippen molar-refractivity contribution in [3.63, 3.8) is 0 Å². The molecule has 1 fully saturated rings. The van der Waals surface area contributed by atoms with Crippen molar-refractivity contribution in [2.75, 3.05) is 69.5 Å². The van der Waals surface area contributed by atoms with Gasteiger partial charge in [0, 0.05) is 67.2 Å². The van der Waals surface area contributed by atoms with Gasteiger partial charge in [0.2, 0.25) is 5.88 Å². The van der Waals surface area contributed by atoms with E-state index in [9.17, 15) is 4.79 Å². The molecule has 0 aliphatic carbocycles. The van der Waals surface area contributed by atoms with E-state index in [0.29, 0.717) is 54.3 Å². The Morgan fingerprint density at radius 2 is 1.95 bits per heavy atom. The lowest BCUT2D eigenvalue weighted by atomic mass is 9.89. The van der Waals surface area contributed by atoms with Crippen LogP contribution >= 0.6 is 0 Å². The zero-order chi connectivity index (χ0) is 26.9. The smallest absolute Gasteiger partial charge is 0.213 e. The molecule has 0 radical (unpaired) electrons. The number of carbonyl (C=O) groups excluding carboxylic acids is 1. The largest absolute Gasteiger partial charge is 0.478 e. The van der Waals surface area contributed by atoms with Crippen molar-refractivity contribution in [2.24, 2.45) is 5.92 Å². The summed E-state index contributed by atoms with van der Waals surface area (Å²) in [6.45, 7) is 7.81. The average Bonchev–Trinajstić information content (AvgIpc) is 3.22. The highest BCUT2D eigenvalue weighted by atomic mass is 19.1. The van der Waals surface area contributed by atoms with Gasteiger partial charge in [-0.15, -0.1) is 0 Å². The van der Waals surface area contributed by atoms with Gasteiger partial charge in [0.1, 0.15) is 5.82 Å². The maximum atomic E-state index is 15.8. The first-order valence-corrected chi connectivity index (χ1v) is 14.1. The van der Waals surface area contributed by atoms with Gasteiger partial charge < -0.3 is 24.2 Å². The monoisotopic (exact) mass is 533 g/mol. The fraction of sp³-hybridized carbons (Fsp3) is 0.500. The van der Waals surface area contributed by atoms with Crippen molar-refractivity contribution < 1.29 is 18.7 Å². The molecule has 206 valence electrons. The van der Waals surface area contributed by atoms with E-state index >= 15 is 4.39 Å². The summed E-state index contributed by atoms with van der Waals surface area (Å²) in [6.07, 6.45) is 8.20. The van der Waals surface area contributed by atoms with Crippen LogP contribution in [-0.4, -0.2) is 80.4 Å². The lowest BCUT2D eigenvalue weighted by Gasteiger charge is -2.26. The fourth-order valence-corrected chi connectivity index (χ4v) is 6.18.